The van der Waals surface area contributed by atoms with E-state index in [4.69, 9.17) is 17.3 Å². The van der Waals surface area contributed by atoms with Crippen molar-refractivity contribution in [1.29, 1.82) is 0 Å². The minimum Gasteiger partial charge on any atom is -0.370 e. The summed E-state index contributed by atoms with van der Waals surface area (Å²) in [5, 5.41) is 0.835. The number of nitrogens with two attached hydrogens (primary N) is 1. The molecule has 3 heteroatoms. The van der Waals surface area contributed by atoms with Gasteiger partial charge in [-0.15, -0.1) is 0 Å². The van der Waals surface area contributed by atoms with E-state index in [0.717, 1.165) is 41.7 Å². The van der Waals surface area contributed by atoms with E-state index in [9.17, 15) is 0 Å². The summed E-state index contributed by atoms with van der Waals surface area (Å²) in [7, 11) is 0. The Hall–Kier alpha value is -0.730. The van der Waals surface area contributed by atoms with Gasteiger partial charge in [0.2, 0.25) is 0 Å². The fourth-order valence-electron chi connectivity index (χ4n) is 2.26. The highest BCUT2D eigenvalue weighted by Crippen LogP contribution is 2.35. The van der Waals surface area contributed by atoms with E-state index in [0.29, 0.717) is 6.54 Å². The quantitative estimate of drug-likeness (QED) is 0.841. The van der Waals surface area contributed by atoms with Crippen LogP contribution in [-0.2, 0) is 6.54 Å². The fraction of sp³-hybridized carbons (Fsp3) is 0.571. The third-order valence-electron chi connectivity index (χ3n) is 3.28. The molecule has 0 atom stereocenters. The monoisotopic (exact) mass is 252 g/mol. The molecule has 0 aromatic heterocycles. The molecule has 0 saturated heterocycles. The maximum Gasteiger partial charge on any atom is 0.0642 e. The lowest BCUT2D eigenvalue weighted by atomic mass is 10.1. The molecule has 1 aliphatic carbocycles. The van der Waals surface area contributed by atoms with Crippen LogP contribution in [0.25, 0.3) is 0 Å². The van der Waals surface area contributed by atoms with Crippen molar-refractivity contribution in [1.82, 2.24) is 0 Å². The molecule has 1 fully saturated rings. The van der Waals surface area contributed by atoms with Gasteiger partial charge in [0.05, 0.1) is 10.7 Å². The Balaban J connectivity index is 2.25. The third-order valence-corrected chi connectivity index (χ3v) is 3.58. The second kappa shape index (κ2) is 5.74. The van der Waals surface area contributed by atoms with Crippen molar-refractivity contribution >= 4 is 17.3 Å². The van der Waals surface area contributed by atoms with E-state index >= 15 is 0 Å². The van der Waals surface area contributed by atoms with Gasteiger partial charge < -0.3 is 10.6 Å². The van der Waals surface area contributed by atoms with Gasteiger partial charge in [-0.25, -0.2) is 0 Å². The molecule has 1 aromatic carbocycles. The van der Waals surface area contributed by atoms with E-state index in [-0.39, 0.29) is 0 Å². The summed E-state index contributed by atoms with van der Waals surface area (Å²) < 4.78 is 0. The molecule has 1 aromatic rings. The molecule has 1 aliphatic rings. The summed E-state index contributed by atoms with van der Waals surface area (Å²) in [4.78, 5) is 2.42. The van der Waals surface area contributed by atoms with E-state index in [2.05, 4.69) is 17.9 Å². The summed E-state index contributed by atoms with van der Waals surface area (Å²) in [5.41, 5.74) is 8.13. The number of para-hydroxylation sites is 1. The van der Waals surface area contributed by atoms with Crippen LogP contribution in [0, 0.1) is 5.92 Å². The van der Waals surface area contributed by atoms with Crippen molar-refractivity contribution in [2.45, 2.75) is 32.7 Å². The average Bonchev–Trinajstić information content (AvgIpc) is 3.12. The molecule has 2 nitrogen and oxygen atoms in total. The fourth-order valence-corrected chi connectivity index (χ4v) is 2.57. The summed E-state index contributed by atoms with van der Waals surface area (Å²) in [6.45, 7) is 4.96. The van der Waals surface area contributed by atoms with Crippen molar-refractivity contribution in [3.05, 3.63) is 28.8 Å². The molecule has 0 spiro atoms. The van der Waals surface area contributed by atoms with Crippen molar-refractivity contribution < 1.29 is 0 Å². The van der Waals surface area contributed by atoms with E-state index in [1.54, 1.807) is 0 Å². The Bertz CT molecular complexity index is 374. The van der Waals surface area contributed by atoms with Crippen molar-refractivity contribution in [2.24, 2.45) is 11.7 Å². The summed E-state index contributed by atoms with van der Waals surface area (Å²) in [5.74, 6) is 0.864. The first kappa shape index (κ1) is 12.7. The first-order valence-corrected chi connectivity index (χ1v) is 6.86. The zero-order valence-corrected chi connectivity index (χ0v) is 11.2. The highest BCUT2D eigenvalue weighted by atomic mass is 35.5. The molecule has 1 saturated carbocycles. The Morgan fingerprint density at radius 2 is 2.18 bits per heavy atom. The van der Waals surface area contributed by atoms with Gasteiger partial charge in [-0.2, -0.15) is 0 Å². The number of benzene rings is 1. The van der Waals surface area contributed by atoms with Crippen molar-refractivity contribution in [3.63, 3.8) is 0 Å². The highest BCUT2D eigenvalue weighted by Gasteiger charge is 2.25. The maximum absolute atomic E-state index is 6.35. The topological polar surface area (TPSA) is 29.3 Å². The molecule has 2 N–H and O–H groups in total. The predicted octanol–water partition coefficient (Wildman–Crippen LogP) is 3.43. The Morgan fingerprint density at radius 1 is 1.41 bits per heavy atom. The first-order chi connectivity index (χ1) is 8.26. The van der Waals surface area contributed by atoms with Crippen LogP contribution in [0.3, 0.4) is 0 Å². The van der Waals surface area contributed by atoms with Gasteiger partial charge in [0.25, 0.3) is 0 Å². The molecule has 0 radical (unpaired) electrons. The van der Waals surface area contributed by atoms with Crippen LogP contribution in [0.2, 0.25) is 5.02 Å². The smallest absolute Gasteiger partial charge is 0.0642 e. The van der Waals surface area contributed by atoms with Crippen molar-refractivity contribution in [3.8, 4) is 0 Å². The number of halogens is 1. The van der Waals surface area contributed by atoms with Gasteiger partial charge in [0, 0.05) is 19.6 Å². The maximum atomic E-state index is 6.35. The van der Waals surface area contributed by atoms with Gasteiger partial charge in [0.15, 0.2) is 0 Å². The van der Waals surface area contributed by atoms with Gasteiger partial charge in [-0.3, -0.25) is 0 Å². The Morgan fingerprint density at radius 3 is 2.76 bits per heavy atom. The molecular formula is C14H21ClN2. The largest absolute Gasteiger partial charge is 0.370 e. The van der Waals surface area contributed by atoms with Crippen LogP contribution in [0.1, 0.15) is 31.7 Å². The minimum atomic E-state index is 0.556. The van der Waals surface area contributed by atoms with Crippen LogP contribution < -0.4 is 10.6 Å². The molecule has 17 heavy (non-hydrogen) atoms. The first-order valence-electron chi connectivity index (χ1n) is 6.48. The van der Waals surface area contributed by atoms with Gasteiger partial charge in [-0.1, -0.05) is 30.7 Å². The molecule has 94 valence electrons. The van der Waals surface area contributed by atoms with Gasteiger partial charge in [-0.05, 0) is 36.8 Å². The molecule has 0 amide bonds. The predicted molar refractivity (Wildman–Crippen MR) is 74.6 cm³/mol. The van der Waals surface area contributed by atoms with Gasteiger partial charge >= 0.3 is 0 Å². The van der Waals surface area contributed by atoms with Gasteiger partial charge in [0.1, 0.15) is 0 Å². The Labute approximate surface area is 109 Å². The van der Waals surface area contributed by atoms with Crippen molar-refractivity contribution in [2.75, 3.05) is 18.0 Å². The summed E-state index contributed by atoms with van der Waals surface area (Å²) in [6.07, 6.45) is 3.87. The number of anilines is 1. The lowest BCUT2D eigenvalue weighted by molar-refractivity contribution is 0.704. The van der Waals surface area contributed by atoms with Crippen LogP contribution in [0.5, 0.6) is 0 Å². The van der Waals surface area contributed by atoms with Crippen LogP contribution in [0.4, 0.5) is 5.69 Å². The van der Waals surface area contributed by atoms with Crippen LogP contribution in [-0.4, -0.2) is 13.1 Å². The number of rotatable bonds is 6. The summed E-state index contributed by atoms with van der Waals surface area (Å²) >= 11 is 6.35. The van der Waals surface area contributed by atoms with E-state index in [1.807, 2.05) is 12.1 Å². The van der Waals surface area contributed by atoms with Crippen LogP contribution >= 0.6 is 11.6 Å². The SMILES string of the molecule is CCCN(CC1CC1)c1c(Cl)cccc1CN. The minimum absolute atomic E-state index is 0.556. The second-order valence-electron chi connectivity index (χ2n) is 4.84. The molecule has 0 heterocycles. The molecular weight excluding hydrogens is 232 g/mol. The molecule has 0 bridgehead atoms. The molecule has 0 aliphatic heterocycles. The summed E-state index contributed by atoms with van der Waals surface area (Å²) in [6, 6.07) is 6.03. The Kier molecular flexibility index (Phi) is 4.30. The van der Waals surface area contributed by atoms with E-state index < -0.39 is 0 Å². The zero-order valence-electron chi connectivity index (χ0n) is 10.5. The lowest BCUT2D eigenvalue weighted by Gasteiger charge is -2.27. The van der Waals surface area contributed by atoms with E-state index in [1.165, 1.54) is 12.8 Å². The second-order valence-corrected chi connectivity index (χ2v) is 5.25. The molecule has 2 rings (SSSR count). The lowest BCUT2D eigenvalue weighted by Crippen LogP contribution is -2.28. The number of nitrogens with zero attached hydrogens (tertiary/aromatic N) is 1. The number of hydrogen-bond donors (Lipinski definition) is 1. The van der Waals surface area contributed by atoms with Crippen LogP contribution in [0.15, 0.2) is 18.2 Å². The average molecular weight is 253 g/mol. The highest BCUT2D eigenvalue weighted by molar-refractivity contribution is 6.33. The normalized spacial score (nSPS) is 15.0. The standard InChI is InChI=1S/C14H21ClN2/c1-2-8-17(10-11-6-7-11)14-12(9-16)4-3-5-13(14)15/h3-5,11H,2,6-10,16H2,1H3. The zero-order chi connectivity index (χ0) is 12.3. The third kappa shape index (κ3) is 3.14. The molecule has 0 unspecified atom stereocenters. The number of hydrogen-bond acceptors (Lipinski definition) is 2.